The summed E-state index contributed by atoms with van der Waals surface area (Å²) in [6.07, 6.45) is 7.25. The zero-order chi connectivity index (χ0) is 12.9. The molecule has 0 aromatic carbocycles. The minimum absolute atomic E-state index is 0.508. The van der Waals surface area contributed by atoms with E-state index < -0.39 is 0 Å². The molecule has 1 atom stereocenters. The number of nitrogens with zero attached hydrogens (tertiary/aromatic N) is 1. The monoisotopic (exact) mass is 259 g/mol. The van der Waals surface area contributed by atoms with Crippen LogP contribution >= 0.6 is 11.8 Å². The standard InChI is InChI=1S/C13H29N3S/c1-5-7-8-9-12(3)16-13(14-6-2)15-10-11-17-4/h12H,5-11H2,1-4H3,(H2,14,15,16). The van der Waals surface area contributed by atoms with Crippen molar-refractivity contribution in [1.29, 1.82) is 0 Å². The van der Waals surface area contributed by atoms with Crippen LogP contribution in [0.3, 0.4) is 0 Å². The summed E-state index contributed by atoms with van der Waals surface area (Å²) >= 11 is 1.83. The summed E-state index contributed by atoms with van der Waals surface area (Å²) in [5.74, 6) is 2.05. The van der Waals surface area contributed by atoms with Crippen molar-refractivity contribution >= 4 is 17.7 Å². The van der Waals surface area contributed by atoms with Gasteiger partial charge in [0.1, 0.15) is 0 Å². The zero-order valence-corrected chi connectivity index (χ0v) is 12.7. The summed E-state index contributed by atoms with van der Waals surface area (Å²) in [5, 5.41) is 6.76. The molecule has 0 aromatic rings. The van der Waals surface area contributed by atoms with Crippen molar-refractivity contribution in [2.24, 2.45) is 4.99 Å². The highest BCUT2D eigenvalue weighted by Gasteiger charge is 2.04. The summed E-state index contributed by atoms with van der Waals surface area (Å²) in [6, 6.07) is 0.508. The topological polar surface area (TPSA) is 36.4 Å². The Balaban J connectivity index is 3.91. The van der Waals surface area contributed by atoms with Crippen LogP contribution in [0.15, 0.2) is 4.99 Å². The molecular formula is C13H29N3S. The van der Waals surface area contributed by atoms with E-state index >= 15 is 0 Å². The molecule has 0 bridgehead atoms. The van der Waals surface area contributed by atoms with Gasteiger partial charge in [-0.25, -0.2) is 0 Å². The molecule has 2 N–H and O–H groups in total. The van der Waals surface area contributed by atoms with Crippen LogP contribution in [0, 0.1) is 0 Å². The van der Waals surface area contributed by atoms with Crippen LogP contribution in [0.4, 0.5) is 0 Å². The third kappa shape index (κ3) is 10.5. The number of thioether (sulfide) groups is 1. The predicted octanol–water partition coefficient (Wildman–Crippen LogP) is 2.87. The van der Waals surface area contributed by atoms with E-state index in [-0.39, 0.29) is 0 Å². The van der Waals surface area contributed by atoms with E-state index in [1.54, 1.807) is 0 Å². The van der Waals surface area contributed by atoms with Crippen LogP contribution in [-0.2, 0) is 0 Å². The summed E-state index contributed by atoms with van der Waals surface area (Å²) in [6.45, 7) is 8.39. The normalized spacial score (nSPS) is 13.5. The van der Waals surface area contributed by atoms with Gasteiger partial charge in [0.05, 0.1) is 6.54 Å². The average Bonchev–Trinajstić information content (AvgIpc) is 2.30. The van der Waals surface area contributed by atoms with Gasteiger partial charge in [0.25, 0.3) is 0 Å². The molecular weight excluding hydrogens is 230 g/mol. The van der Waals surface area contributed by atoms with Gasteiger partial charge in [-0.3, -0.25) is 4.99 Å². The lowest BCUT2D eigenvalue weighted by atomic mass is 10.1. The number of aliphatic imine (C=N–C) groups is 1. The lowest BCUT2D eigenvalue weighted by Gasteiger charge is -2.17. The van der Waals surface area contributed by atoms with Gasteiger partial charge in [-0.05, 0) is 26.5 Å². The van der Waals surface area contributed by atoms with Crippen molar-refractivity contribution < 1.29 is 0 Å². The van der Waals surface area contributed by atoms with E-state index in [2.05, 4.69) is 42.7 Å². The van der Waals surface area contributed by atoms with Gasteiger partial charge < -0.3 is 10.6 Å². The summed E-state index contributed by atoms with van der Waals surface area (Å²) in [4.78, 5) is 4.55. The van der Waals surface area contributed by atoms with Crippen LogP contribution < -0.4 is 10.6 Å². The maximum Gasteiger partial charge on any atom is 0.191 e. The van der Waals surface area contributed by atoms with Crippen molar-refractivity contribution in [2.75, 3.05) is 25.1 Å². The molecule has 0 aromatic heterocycles. The van der Waals surface area contributed by atoms with Gasteiger partial charge in [0.2, 0.25) is 0 Å². The fourth-order valence-electron chi connectivity index (χ4n) is 1.57. The molecule has 4 heteroatoms. The molecule has 0 aliphatic carbocycles. The lowest BCUT2D eigenvalue weighted by Crippen LogP contribution is -2.42. The van der Waals surface area contributed by atoms with E-state index in [1.807, 2.05) is 11.8 Å². The summed E-state index contributed by atoms with van der Waals surface area (Å²) < 4.78 is 0. The second-order valence-corrected chi connectivity index (χ2v) is 5.28. The fourth-order valence-corrected chi connectivity index (χ4v) is 1.85. The first kappa shape index (κ1) is 16.6. The van der Waals surface area contributed by atoms with Gasteiger partial charge in [0.15, 0.2) is 5.96 Å². The van der Waals surface area contributed by atoms with Crippen molar-refractivity contribution in [3.05, 3.63) is 0 Å². The van der Waals surface area contributed by atoms with Crippen LogP contribution in [-0.4, -0.2) is 37.1 Å². The first-order chi connectivity index (χ1) is 8.24. The van der Waals surface area contributed by atoms with E-state index in [1.165, 1.54) is 25.7 Å². The first-order valence-corrected chi connectivity index (χ1v) is 8.17. The fraction of sp³-hybridized carbons (Fsp3) is 0.923. The van der Waals surface area contributed by atoms with Crippen LogP contribution in [0.1, 0.15) is 46.5 Å². The van der Waals surface area contributed by atoms with Gasteiger partial charge >= 0.3 is 0 Å². The molecule has 0 amide bonds. The highest BCUT2D eigenvalue weighted by Crippen LogP contribution is 2.02. The second-order valence-electron chi connectivity index (χ2n) is 4.29. The Kier molecular flexibility index (Phi) is 11.8. The third-order valence-electron chi connectivity index (χ3n) is 2.53. The molecule has 0 aliphatic heterocycles. The van der Waals surface area contributed by atoms with E-state index in [0.717, 1.165) is 24.8 Å². The molecule has 0 spiro atoms. The van der Waals surface area contributed by atoms with Crippen molar-refractivity contribution in [1.82, 2.24) is 10.6 Å². The molecule has 0 saturated heterocycles. The third-order valence-corrected chi connectivity index (χ3v) is 3.12. The van der Waals surface area contributed by atoms with Crippen LogP contribution in [0.2, 0.25) is 0 Å². The average molecular weight is 259 g/mol. The summed E-state index contributed by atoms with van der Waals surface area (Å²) in [7, 11) is 0. The van der Waals surface area contributed by atoms with Gasteiger partial charge in [-0.15, -0.1) is 0 Å². The first-order valence-electron chi connectivity index (χ1n) is 6.78. The van der Waals surface area contributed by atoms with Crippen molar-refractivity contribution in [2.45, 2.75) is 52.5 Å². The Hall–Kier alpha value is -0.380. The van der Waals surface area contributed by atoms with Crippen molar-refractivity contribution in [3.8, 4) is 0 Å². The molecule has 0 fully saturated rings. The van der Waals surface area contributed by atoms with E-state index in [0.29, 0.717) is 6.04 Å². The van der Waals surface area contributed by atoms with Crippen LogP contribution in [0.5, 0.6) is 0 Å². The number of nitrogens with one attached hydrogen (secondary N) is 2. The minimum atomic E-state index is 0.508. The van der Waals surface area contributed by atoms with Gasteiger partial charge in [0, 0.05) is 18.3 Å². The molecule has 0 aliphatic rings. The molecule has 17 heavy (non-hydrogen) atoms. The highest BCUT2D eigenvalue weighted by atomic mass is 32.2. The highest BCUT2D eigenvalue weighted by molar-refractivity contribution is 7.98. The predicted molar refractivity (Wildman–Crippen MR) is 81.1 cm³/mol. The smallest absolute Gasteiger partial charge is 0.191 e. The Morgan fingerprint density at radius 2 is 2.06 bits per heavy atom. The molecule has 1 unspecified atom stereocenters. The van der Waals surface area contributed by atoms with Gasteiger partial charge in [-0.2, -0.15) is 11.8 Å². The molecule has 0 rings (SSSR count). The Morgan fingerprint density at radius 1 is 1.29 bits per heavy atom. The van der Waals surface area contributed by atoms with Gasteiger partial charge in [-0.1, -0.05) is 26.2 Å². The minimum Gasteiger partial charge on any atom is -0.357 e. The largest absolute Gasteiger partial charge is 0.357 e. The SMILES string of the molecule is CCCCCC(C)NC(=NCCSC)NCC. The Bertz CT molecular complexity index is 195. The molecule has 102 valence electrons. The van der Waals surface area contributed by atoms with Crippen molar-refractivity contribution in [3.63, 3.8) is 0 Å². The zero-order valence-electron chi connectivity index (χ0n) is 11.9. The summed E-state index contributed by atoms with van der Waals surface area (Å²) in [5.41, 5.74) is 0. The van der Waals surface area contributed by atoms with Crippen LogP contribution in [0.25, 0.3) is 0 Å². The van der Waals surface area contributed by atoms with E-state index in [4.69, 9.17) is 0 Å². The molecule has 0 radical (unpaired) electrons. The number of unbranched alkanes of at least 4 members (excludes halogenated alkanes) is 2. The Labute approximate surface area is 111 Å². The lowest BCUT2D eigenvalue weighted by molar-refractivity contribution is 0.547. The maximum absolute atomic E-state index is 4.55. The quantitative estimate of drug-likeness (QED) is 0.380. The maximum atomic E-state index is 4.55. The second kappa shape index (κ2) is 12.1. The number of rotatable bonds is 9. The number of hydrogen-bond acceptors (Lipinski definition) is 2. The Morgan fingerprint density at radius 3 is 2.65 bits per heavy atom. The number of hydrogen-bond donors (Lipinski definition) is 2. The molecule has 3 nitrogen and oxygen atoms in total. The molecule has 0 saturated carbocycles. The number of guanidine groups is 1. The molecule has 0 heterocycles. The van der Waals surface area contributed by atoms with E-state index in [9.17, 15) is 0 Å².